The van der Waals surface area contributed by atoms with Crippen LogP contribution in [0.25, 0.3) is 5.52 Å². The van der Waals surface area contributed by atoms with Crippen LogP contribution in [0.2, 0.25) is 5.02 Å². The molecule has 0 aromatic carbocycles. The Morgan fingerprint density at radius 1 is 1.28 bits per heavy atom. The summed E-state index contributed by atoms with van der Waals surface area (Å²) in [5.74, 6) is 0.291. The number of hydrogen-bond donors (Lipinski definition) is 2. The van der Waals surface area contributed by atoms with Crippen LogP contribution in [0.15, 0.2) is 29.3 Å². The maximum Gasteiger partial charge on any atom is 0.268 e. The quantitative estimate of drug-likeness (QED) is 0.639. The number of amides is 1. The summed E-state index contributed by atoms with van der Waals surface area (Å²) in [6.07, 6.45) is 1.51. The second-order valence-electron chi connectivity index (χ2n) is 7.57. The van der Waals surface area contributed by atoms with E-state index in [4.69, 9.17) is 16.3 Å². The summed E-state index contributed by atoms with van der Waals surface area (Å²) in [7, 11) is 0. The lowest BCUT2D eigenvalue weighted by Crippen LogP contribution is -2.29. The molecule has 0 unspecified atom stereocenters. The Labute approximate surface area is 174 Å². The molecule has 2 N–H and O–H groups in total. The lowest BCUT2D eigenvalue weighted by atomic mass is 10.1. The highest BCUT2D eigenvalue weighted by Gasteiger charge is 2.18. The van der Waals surface area contributed by atoms with Gasteiger partial charge in [-0.25, -0.2) is 4.98 Å². The number of fused-ring (bicyclic) bond motifs is 1. The number of pyridine rings is 2. The number of imidazole rings is 1. The lowest BCUT2D eigenvalue weighted by Gasteiger charge is -2.15. The van der Waals surface area contributed by atoms with Crippen LogP contribution >= 0.6 is 11.6 Å². The van der Waals surface area contributed by atoms with Crippen molar-refractivity contribution < 1.29 is 9.53 Å². The molecule has 0 spiro atoms. The van der Waals surface area contributed by atoms with Crippen LogP contribution in [0.5, 0.6) is 5.75 Å². The number of nitrogens with zero attached hydrogens (tertiary/aromatic N) is 2. The van der Waals surface area contributed by atoms with E-state index in [1.165, 1.54) is 0 Å². The van der Waals surface area contributed by atoms with Gasteiger partial charge in [0.2, 0.25) is 0 Å². The average Bonchev–Trinajstić information content (AvgIpc) is 3.03. The maximum atomic E-state index is 12.9. The van der Waals surface area contributed by atoms with Crippen LogP contribution in [0.4, 0.5) is 0 Å². The second kappa shape index (κ2) is 8.29. The molecular weight excluding hydrogens is 392 g/mol. The van der Waals surface area contributed by atoms with Gasteiger partial charge in [-0.3, -0.25) is 14.0 Å². The molecule has 154 valence electrons. The van der Waals surface area contributed by atoms with E-state index in [1.807, 2.05) is 27.7 Å². The topological polar surface area (TPSA) is 88.5 Å². The van der Waals surface area contributed by atoms with Crippen molar-refractivity contribution in [2.24, 2.45) is 0 Å². The zero-order chi connectivity index (χ0) is 21.3. The summed E-state index contributed by atoms with van der Waals surface area (Å²) in [4.78, 5) is 32.5. The van der Waals surface area contributed by atoms with Gasteiger partial charge in [0.15, 0.2) is 0 Å². The third kappa shape index (κ3) is 4.45. The smallest absolute Gasteiger partial charge is 0.268 e. The summed E-state index contributed by atoms with van der Waals surface area (Å²) in [6, 6.07) is 5.13. The molecule has 0 aliphatic rings. The Morgan fingerprint density at radius 2 is 2.00 bits per heavy atom. The SMILES string of the molecule is Cc1cc(OC(C)C)c(CNC(=O)c2cc(Cl)cc3c(C(C)C)ncn23)c(=O)[nH]1. The van der Waals surface area contributed by atoms with Gasteiger partial charge in [0, 0.05) is 10.7 Å². The number of aromatic amines is 1. The third-order valence-corrected chi connectivity index (χ3v) is 4.66. The number of aromatic nitrogens is 3. The van der Waals surface area contributed by atoms with E-state index in [0.717, 1.165) is 11.2 Å². The highest BCUT2D eigenvalue weighted by Crippen LogP contribution is 2.24. The van der Waals surface area contributed by atoms with E-state index in [0.29, 0.717) is 27.7 Å². The minimum Gasteiger partial charge on any atom is -0.490 e. The number of ether oxygens (including phenoxy) is 1. The van der Waals surface area contributed by atoms with E-state index in [1.54, 1.807) is 35.9 Å². The van der Waals surface area contributed by atoms with E-state index in [-0.39, 0.29) is 30.0 Å². The molecule has 7 nitrogen and oxygen atoms in total. The Balaban J connectivity index is 1.92. The summed E-state index contributed by atoms with van der Waals surface area (Å²) >= 11 is 6.25. The minimum absolute atomic E-state index is 0.0240. The summed E-state index contributed by atoms with van der Waals surface area (Å²) in [5, 5.41) is 3.25. The Morgan fingerprint density at radius 3 is 2.66 bits per heavy atom. The molecule has 1 amide bonds. The molecule has 8 heteroatoms. The first-order valence-corrected chi connectivity index (χ1v) is 9.89. The lowest BCUT2D eigenvalue weighted by molar-refractivity contribution is 0.0944. The standard InChI is InChI=1S/C21H25ClN4O3/c1-11(2)19-16-7-14(22)8-17(26(16)10-24-19)21(28)23-9-15-18(29-12(3)4)6-13(5)25-20(15)27/h6-8,10-12H,9H2,1-5H3,(H,23,28)(H,25,27). The molecule has 0 radical (unpaired) electrons. The zero-order valence-corrected chi connectivity index (χ0v) is 17.9. The molecule has 3 aromatic heterocycles. The van der Waals surface area contributed by atoms with Crippen molar-refractivity contribution in [3.63, 3.8) is 0 Å². The highest BCUT2D eigenvalue weighted by atomic mass is 35.5. The molecule has 0 bridgehead atoms. The number of aryl methyl sites for hydroxylation is 1. The largest absolute Gasteiger partial charge is 0.490 e. The zero-order valence-electron chi connectivity index (χ0n) is 17.2. The van der Waals surface area contributed by atoms with Gasteiger partial charge >= 0.3 is 0 Å². The van der Waals surface area contributed by atoms with Gasteiger partial charge in [-0.2, -0.15) is 0 Å². The first-order valence-electron chi connectivity index (χ1n) is 9.51. The van der Waals surface area contributed by atoms with Crippen LogP contribution < -0.4 is 15.6 Å². The number of hydrogen-bond acceptors (Lipinski definition) is 4. The van der Waals surface area contributed by atoms with Crippen molar-refractivity contribution in [2.45, 2.75) is 53.2 Å². The Hall–Kier alpha value is -2.80. The van der Waals surface area contributed by atoms with Gasteiger partial charge in [0.05, 0.1) is 29.4 Å². The molecule has 0 saturated carbocycles. The Kier molecular flexibility index (Phi) is 5.98. The fourth-order valence-corrected chi connectivity index (χ4v) is 3.38. The first kappa shape index (κ1) is 20.9. The summed E-state index contributed by atoms with van der Waals surface area (Å²) < 4.78 is 7.47. The van der Waals surface area contributed by atoms with Crippen LogP contribution in [0, 0.1) is 6.92 Å². The fourth-order valence-electron chi connectivity index (χ4n) is 3.17. The van der Waals surface area contributed by atoms with E-state index in [9.17, 15) is 9.59 Å². The Bertz CT molecular complexity index is 1120. The number of H-pyrrole nitrogens is 1. The van der Waals surface area contributed by atoms with Gasteiger partial charge in [0.25, 0.3) is 11.5 Å². The molecule has 0 saturated heterocycles. The molecule has 0 atom stereocenters. The highest BCUT2D eigenvalue weighted by molar-refractivity contribution is 6.31. The number of rotatable bonds is 6. The molecule has 3 aromatic rings. The van der Waals surface area contributed by atoms with Gasteiger partial charge in [0.1, 0.15) is 17.8 Å². The molecule has 29 heavy (non-hydrogen) atoms. The van der Waals surface area contributed by atoms with Crippen LogP contribution in [-0.4, -0.2) is 26.4 Å². The normalized spacial score (nSPS) is 11.4. The number of halogens is 1. The number of carbonyl (C=O) groups is 1. The maximum absolute atomic E-state index is 12.9. The average molecular weight is 417 g/mol. The monoisotopic (exact) mass is 416 g/mol. The molecule has 3 rings (SSSR count). The molecule has 0 fully saturated rings. The molecular formula is C21H25ClN4O3. The van der Waals surface area contributed by atoms with Crippen LogP contribution in [-0.2, 0) is 6.54 Å². The van der Waals surface area contributed by atoms with Crippen molar-refractivity contribution in [2.75, 3.05) is 0 Å². The van der Waals surface area contributed by atoms with Crippen molar-refractivity contribution >= 4 is 23.0 Å². The number of carbonyl (C=O) groups excluding carboxylic acids is 1. The van der Waals surface area contributed by atoms with Crippen molar-refractivity contribution in [1.29, 1.82) is 0 Å². The van der Waals surface area contributed by atoms with E-state index >= 15 is 0 Å². The molecule has 0 aliphatic heterocycles. The summed E-state index contributed by atoms with van der Waals surface area (Å²) in [5.41, 5.74) is 2.77. The van der Waals surface area contributed by atoms with E-state index < -0.39 is 0 Å². The van der Waals surface area contributed by atoms with E-state index in [2.05, 4.69) is 15.3 Å². The predicted molar refractivity (Wildman–Crippen MR) is 113 cm³/mol. The van der Waals surface area contributed by atoms with Crippen LogP contribution in [0.3, 0.4) is 0 Å². The van der Waals surface area contributed by atoms with Gasteiger partial charge in [-0.1, -0.05) is 25.4 Å². The molecule has 3 heterocycles. The van der Waals surface area contributed by atoms with Gasteiger partial charge in [-0.15, -0.1) is 0 Å². The van der Waals surface area contributed by atoms with Crippen LogP contribution in [0.1, 0.15) is 61.1 Å². The third-order valence-electron chi connectivity index (χ3n) is 4.44. The predicted octanol–water partition coefficient (Wildman–Crippen LogP) is 3.83. The summed E-state index contributed by atoms with van der Waals surface area (Å²) in [6.45, 7) is 9.63. The van der Waals surface area contributed by atoms with Gasteiger partial charge < -0.3 is 15.0 Å². The first-order chi connectivity index (χ1) is 13.7. The number of nitrogens with one attached hydrogen (secondary N) is 2. The molecule has 0 aliphatic carbocycles. The van der Waals surface area contributed by atoms with Crippen molar-refractivity contribution in [3.05, 3.63) is 62.5 Å². The van der Waals surface area contributed by atoms with Gasteiger partial charge in [-0.05, 0) is 44.9 Å². The second-order valence-corrected chi connectivity index (χ2v) is 8.01. The fraction of sp³-hybridized carbons (Fsp3) is 0.381. The van der Waals surface area contributed by atoms with Crippen molar-refractivity contribution in [3.8, 4) is 5.75 Å². The van der Waals surface area contributed by atoms with Crippen molar-refractivity contribution in [1.82, 2.24) is 19.7 Å². The minimum atomic E-state index is -0.360.